The summed E-state index contributed by atoms with van der Waals surface area (Å²) in [4.78, 5) is 37.8. The van der Waals surface area contributed by atoms with Crippen molar-refractivity contribution < 1.29 is 14.3 Å². The van der Waals surface area contributed by atoms with Crippen molar-refractivity contribution >= 4 is 23.0 Å². The highest BCUT2D eigenvalue weighted by atomic mass is 16.3. The Morgan fingerprint density at radius 1 is 1.14 bits per heavy atom. The molecule has 3 aromatic rings. The number of aryl methyl sites for hydroxylation is 1. The van der Waals surface area contributed by atoms with E-state index in [0.717, 1.165) is 5.76 Å². The maximum atomic E-state index is 12.2. The first-order valence-corrected chi connectivity index (χ1v) is 9.21. The van der Waals surface area contributed by atoms with Crippen LogP contribution in [0.25, 0.3) is 0 Å². The lowest BCUT2D eigenvalue weighted by Gasteiger charge is -2.21. The third kappa shape index (κ3) is 3.73. The molecule has 152 valence electrons. The molecule has 1 atom stereocenters. The van der Waals surface area contributed by atoms with Crippen LogP contribution in [0.3, 0.4) is 0 Å². The van der Waals surface area contributed by atoms with Crippen LogP contribution in [0.5, 0.6) is 5.75 Å². The second-order valence-electron chi connectivity index (χ2n) is 6.99. The first-order chi connectivity index (χ1) is 13.7. The van der Waals surface area contributed by atoms with Gasteiger partial charge in [0, 0.05) is 14.1 Å². The summed E-state index contributed by atoms with van der Waals surface area (Å²) in [5, 5.41) is 16.3. The van der Waals surface area contributed by atoms with Crippen LogP contribution < -0.4 is 21.5 Å². The molecule has 0 saturated heterocycles. The largest absolute Gasteiger partial charge is 0.505 e. The number of para-hydroxylation sites is 1. The highest BCUT2D eigenvalue weighted by molar-refractivity contribution is 5.99. The summed E-state index contributed by atoms with van der Waals surface area (Å²) in [5.74, 6) is 0.730. The van der Waals surface area contributed by atoms with Gasteiger partial charge < -0.3 is 25.1 Å². The van der Waals surface area contributed by atoms with Gasteiger partial charge in [0.2, 0.25) is 0 Å². The fraction of sp³-hybridized carbons (Fsp3) is 0.286. The minimum Gasteiger partial charge on any atom is -0.505 e. The molecule has 0 spiro atoms. The maximum Gasteiger partial charge on any atom is 0.257 e. The molecule has 8 heteroatoms. The van der Waals surface area contributed by atoms with E-state index in [9.17, 15) is 19.5 Å². The van der Waals surface area contributed by atoms with Crippen molar-refractivity contribution in [3.8, 4) is 5.75 Å². The summed E-state index contributed by atoms with van der Waals surface area (Å²) in [5.41, 5.74) is -0.919. The molecule has 29 heavy (non-hydrogen) atoms. The Bertz CT molecular complexity index is 1120. The standard InChI is InChI=1S/C21H23N3O5/c1-5-13(15-10-9-11(2)29-15)22-16-17(20(27)19(16)26)23-14-8-6-7-12(18(14)25)21(28)24(3)4/h6-10,13,22-23,25H,5H2,1-4H3. The molecular weight excluding hydrogens is 374 g/mol. The summed E-state index contributed by atoms with van der Waals surface area (Å²) in [7, 11) is 3.14. The highest BCUT2D eigenvalue weighted by Gasteiger charge is 2.26. The number of nitrogens with one attached hydrogen (secondary N) is 2. The lowest BCUT2D eigenvalue weighted by atomic mass is 10.1. The Balaban J connectivity index is 1.90. The maximum absolute atomic E-state index is 12.2. The van der Waals surface area contributed by atoms with Crippen molar-refractivity contribution in [1.29, 1.82) is 0 Å². The molecule has 1 unspecified atom stereocenters. The van der Waals surface area contributed by atoms with Gasteiger partial charge in [-0.15, -0.1) is 0 Å². The molecular formula is C21H23N3O5. The zero-order valence-corrected chi connectivity index (χ0v) is 16.7. The number of furan rings is 1. The van der Waals surface area contributed by atoms with Crippen molar-refractivity contribution in [2.75, 3.05) is 24.7 Å². The Hall–Kier alpha value is -3.55. The van der Waals surface area contributed by atoms with E-state index in [1.807, 2.05) is 26.0 Å². The predicted molar refractivity (Wildman–Crippen MR) is 111 cm³/mol. The number of carbonyl (C=O) groups excluding carboxylic acids is 1. The van der Waals surface area contributed by atoms with E-state index in [-0.39, 0.29) is 40.3 Å². The number of aromatic hydroxyl groups is 1. The molecule has 0 aliphatic carbocycles. The van der Waals surface area contributed by atoms with Gasteiger partial charge in [0.1, 0.15) is 22.9 Å². The van der Waals surface area contributed by atoms with E-state index in [1.165, 1.54) is 17.0 Å². The Morgan fingerprint density at radius 3 is 2.41 bits per heavy atom. The van der Waals surface area contributed by atoms with Gasteiger partial charge in [0.15, 0.2) is 5.75 Å². The van der Waals surface area contributed by atoms with E-state index in [4.69, 9.17) is 4.42 Å². The molecule has 3 rings (SSSR count). The van der Waals surface area contributed by atoms with Crippen molar-refractivity contribution in [3.63, 3.8) is 0 Å². The van der Waals surface area contributed by atoms with Crippen molar-refractivity contribution in [2.45, 2.75) is 26.3 Å². The number of rotatable bonds is 7. The molecule has 1 heterocycles. The zero-order chi connectivity index (χ0) is 21.3. The summed E-state index contributed by atoms with van der Waals surface area (Å²) >= 11 is 0. The monoisotopic (exact) mass is 397 g/mol. The van der Waals surface area contributed by atoms with Crippen LogP contribution in [0.2, 0.25) is 0 Å². The van der Waals surface area contributed by atoms with Crippen LogP contribution >= 0.6 is 0 Å². The molecule has 3 N–H and O–H groups in total. The van der Waals surface area contributed by atoms with Crippen LogP contribution in [0.4, 0.5) is 17.1 Å². The third-order valence-corrected chi connectivity index (χ3v) is 4.67. The average molecular weight is 397 g/mol. The Kier molecular flexibility index (Phi) is 5.45. The number of hydrogen-bond acceptors (Lipinski definition) is 7. The van der Waals surface area contributed by atoms with E-state index in [1.54, 1.807) is 20.2 Å². The summed E-state index contributed by atoms with van der Waals surface area (Å²) in [6.07, 6.45) is 0.628. The molecule has 8 nitrogen and oxygen atoms in total. The predicted octanol–water partition coefficient (Wildman–Crippen LogP) is 2.90. The van der Waals surface area contributed by atoms with Crippen molar-refractivity contribution in [1.82, 2.24) is 4.90 Å². The lowest BCUT2D eigenvalue weighted by Crippen LogP contribution is -2.37. The second kappa shape index (κ2) is 7.83. The topological polar surface area (TPSA) is 112 Å². The van der Waals surface area contributed by atoms with Gasteiger partial charge in [-0.3, -0.25) is 14.4 Å². The van der Waals surface area contributed by atoms with Crippen LogP contribution in [0.1, 0.15) is 41.3 Å². The molecule has 0 saturated carbocycles. The molecule has 0 aliphatic heterocycles. The van der Waals surface area contributed by atoms with E-state index in [0.29, 0.717) is 12.2 Å². The number of benzene rings is 1. The zero-order valence-electron chi connectivity index (χ0n) is 16.7. The number of nitrogens with zero attached hydrogens (tertiary/aromatic N) is 1. The Morgan fingerprint density at radius 2 is 1.83 bits per heavy atom. The summed E-state index contributed by atoms with van der Waals surface area (Å²) in [6, 6.07) is 7.94. The van der Waals surface area contributed by atoms with Crippen LogP contribution in [0, 0.1) is 6.92 Å². The van der Waals surface area contributed by atoms with Crippen molar-refractivity contribution in [2.24, 2.45) is 0 Å². The van der Waals surface area contributed by atoms with Crippen molar-refractivity contribution in [3.05, 3.63) is 67.9 Å². The SMILES string of the molecule is CCC(Nc1c(Nc2cccc(C(=O)N(C)C)c2O)c(=O)c1=O)c1ccc(C)o1. The third-order valence-electron chi connectivity index (χ3n) is 4.67. The first-order valence-electron chi connectivity index (χ1n) is 9.21. The number of hydrogen-bond donors (Lipinski definition) is 3. The lowest BCUT2D eigenvalue weighted by molar-refractivity contribution is 0.0824. The molecule has 0 bridgehead atoms. The molecule has 0 radical (unpaired) electrons. The smallest absolute Gasteiger partial charge is 0.257 e. The Labute approximate surface area is 167 Å². The fourth-order valence-corrected chi connectivity index (χ4v) is 3.03. The minimum atomic E-state index is -0.693. The number of phenolic OH excluding ortho intramolecular Hbond substituents is 1. The van der Waals surface area contributed by atoms with Gasteiger partial charge in [-0.05, 0) is 37.6 Å². The summed E-state index contributed by atoms with van der Waals surface area (Å²) < 4.78 is 5.62. The molecule has 1 aromatic heterocycles. The van der Waals surface area contributed by atoms with Gasteiger partial charge in [-0.25, -0.2) is 0 Å². The molecule has 1 amide bonds. The van der Waals surface area contributed by atoms with Gasteiger partial charge >= 0.3 is 0 Å². The van der Waals surface area contributed by atoms with Gasteiger partial charge in [0.05, 0.1) is 17.3 Å². The van der Waals surface area contributed by atoms with E-state index < -0.39 is 10.9 Å². The average Bonchev–Trinajstić information content (AvgIpc) is 3.13. The first kappa shape index (κ1) is 20.2. The van der Waals surface area contributed by atoms with Crippen LogP contribution in [-0.2, 0) is 0 Å². The fourth-order valence-electron chi connectivity index (χ4n) is 3.03. The van der Waals surface area contributed by atoms with Crippen LogP contribution in [0.15, 0.2) is 44.3 Å². The quantitative estimate of drug-likeness (QED) is 0.415. The van der Waals surface area contributed by atoms with E-state index in [2.05, 4.69) is 10.6 Å². The van der Waals surface area contributed by atoms with Gasteiger partial charge in [0.25, 0.3) is 16.8 Å². The normalized spacial score (nSPS) is 12.0. The number of carbonyl (C=O) groups is 1. The highest BCUT2D eigenvalue weighted by Crippen LogP contribution is 2.33. The minimum absolute atomic E-state index is 0.0430. The van der Waals surface area contributed by atoms with Gasteiger partial charge in [-0.1, -0.05) is 13.0 Å². The number of anilines is 3. The number of phenols is 1. The van der Waals surface area contributed by atoms with E-state index >= 15 is 0 Å². The van der Waals surface area contributed by atoms with Crippen LogP contribution in [-0.4, -0.2) is 30.0 Å². The van der Waals surface area contributed by atoms with Gasteiger partial charge in [-0.2, -0.15) is 0 Å². The second-order valence-corrected chi connectivity index (χ2v) is 6.99. The molecule has 0 fully saturated rings. The molecule has 2 aromatic carbocycles. The summed E-state index contributed by atoms with van der Waals surface area (Å²) in [6.45, 7) is 3.75. The number of amides is 1. The molecule has 0 aliphatic rings.